The Morgan fingerprint density at radius 3 is 2.45 bits per heavy atom. The van der Waals surface area contributed by atoms with E-state index in [0.29, 0.717) is 6.04 Å². The van der Waals surface area contributed by atoms with Gasteiger partial charge in [0.1, 0.15) is 0 Å². The van der Waals surface area contributed by atoms with Crippen molar-refractivity contribution < 1.29 is 0 Å². The second-order valence-corrected chi connectivity index (χ2v) is 5.55. The van der Waals surface area contributed by atoms with Crippen molar-refractivity contribution in [1.82, 2.24) is 10.2 Å². The van der Waals surface area contributed by atoms with Gasteiger partial charge in [-0.1, -0.05) is 18.2 Å². The zero-order valence-corrected chi connectivity index (χ0v) is 12.2. The van der Waals surface area contributed by atoms with Crippen LogP contribution < -0.4 is 10.2 Å². The Hall–Kier alpha value is -1.97. The summed E-state index contributed by atoms with van der Waals surface area (Å²) in [6, 6.07) is 11.2. The Morgan fingerprint density at radius 1 is 1.15 bits per heavy atom. The van der Waals surface area contributed by atoms with Crippen LogP contribution in [0.25, 0.3) is 0 Å². The largest absolute Gasteiger partial charge is 0.379 e. The number of para-hydroxylation sites is 1. The first-order chi connectivity index (χ1) is 9.74. The van der Waals surface area contributed by atoms with Gasteiger partial charge in [-0.2, -0.15) is 5.10 Å². The Labute approximate surface area is 120 Å². The van der Waals surface area contributed by atoms with Gasteiger partial charge < -0.3 is 10.2 Å². The Morgan fingerprint density at radius 2 is 1.85 bits per heavy atom. The molecule has 2 heterocycles. The van der Waals surface area contributed by atoms with Crippen LogP contribution in [0.5, 0.6) is 0 Å². The van der Waals surface area contributed by atoms with Gasteiger partial charge in [0.2, 0.25) is 0 Å². The SMILES string of the molecule is Cc1n[nH]c(C)c1NC1CCN(c2ccccc2)CC1. The molecule has 0 unspecified atom stereocenters. The molecule has 2 aromatic rings. The number of piperidine rings is 1. The Balaban J connectivity index is 1.59. The highest BCUT2D eigenvalue weighted by molar-refractivity contribution is 5.52. The smallest absolute Gasteiger partial charge is 0.0825 e. The number of nitrogens with one attached hydrogen (secondary N) is 2. The summed E-state index contributed by atoms with van der Waals surface area (Å²) in [4.78, 5) is 2.47. The minimum atomic E-state index is 0.546. The monoisotopic (exact) mass is 270 g/mol. The van der Waals surface area contributed by atoms with E-state index in [1.54, 1.807) is 0 Å². The zero-order chi connectivity index (χ0) is 13.9. The molecule has 1 aliphatic rings. The molecule has 106 valence electrons. The van der Waals surface area contributed by atoms with Crippen LogP contribution in [0.15, 0.2) is 30.3 Å². The Bertz CT molecular complexity index is 534. The van der Waals surface area contributed by atoms with E-state index in [1.807, 2.05) is 6.92 Å². The quantitative estimate of drug-likeness (QED) is 0.900. The van der Waals surface area contributed by atoms with Crippen molar-refractivity contribution in [2.45, 2.75) is 32.7 Å². The molecule has 0 aliphatic carbocycles. The van der Waals surface area contributed by atoms with E-state index < -0.39 is 0 Å². The lowest BCUT2D eigenvalue weighted by molar-refractivity contribution is 0.526. The molecule has 0 amide bonds. The molecule has 1 aromatic heterocycles. The summed E-state index contributed by atoms with van der Waals surface area (Å²) in [5.74, 6) is 0. The van der Waals surface area contributed by atoms with Gasteiger partial charge >= 0.3 is 0 Å². The number of benzene rings is 1. The van der Waals surface area contributed by atoms with Gasteiger partial charge in [0.05, 0.1) is 17.1 Å². The molecular weight excluding hydrogens is 248 g/mol. The first kappa shape index (κ1) is 13.0. The number of nitrogens with zero attached hydrogens (tertiary/aromatic N) is 2. The highest BCUT2D eigenvalue weighted by atomic mass is 15.2. The lowest BCUT2D eigenvalue weighted by Crippen LogP contribution is -2.39. The lowest BCUT2D eigenvalue weighted by atomic mass is 10.0. The molecule has 4 heteroatoms. The highest BCUT2D eigenvalue weighted by Crippen LogP contribution is 2.24. The number of rotatable bonds is 3. The minimum Gasteiger partial charge on any atom is -0.379 e. The normalized spacial score (nSPS) is 16.4. The number of anilines is 2. The fourth-order valence-electron chi connectivity index (χ4n) is 2.89. The molecule has 1 aliphatic heterocycles. The fourth-order valence-corrected chi connectivity index (χ4v) is 2.89. The third-order valence-electron chi connectivity index (χ3n) is 4.09. The molecule has 0 spiro atoms. The van der Waals surface area contributed by atoms with Crippen LogP contribution in [0.2, 0.25) is 0 Å². The van der Waals surface area contributed by atoms with E-state index in [1.165, 1.54) is 24.2 Å². The molecule has 3 rings (SSSR count). The van der Waals surface area contributed by atoms with Gasteiger partial charge in [0, 0.05) is 24.8 Å². The summed E-state index contributed by atoms with van der Waals surface area (Å²) in [5, 5.41) is 10.9. The summed E-state index contributed by atoms with van der Waals surface area (Å²) in [5.41, 5.74) is 4.71. The summed E-state index contributed by atoms with van der Waals surface area (Å²) >= 11 is 0. The van der Waals surface area contributed by atoms with Gasteiger partial charge in [-0.3, -0.25) is 5.10 Å². The molecule has 1 aromatic carbocycles. The predicted octanol–water partition coefficient (Wildman–Crippen LogP) is 3.11. The lowest BCUT2D eigenvalue weighted by Gasteiger charge is -2.34. The van der Waals surface area contributed by atoms with Crippen LogP contribution in [0.1, 0.15) is 24.2 Å². The van der Waals surface area contributed by atoms with E-state index in [4.69, 9.17) is 0 Å². The van der Waals surface area contributed by atoms with E-state index in [9.17, 15) is 0 Å². The van der Waals surface area contributed by atoms with Crippen molar-refractivity contribution >= 4 is 11.4 Å². The van der Waals surface area contributed by atoms with Crippen molar-refractivity contribution in [1.29, 1.82) is 0 Å². The number of aromatic nitrogens is 2. The number of hydrogen-bond acceptors (Lipinski definition) is 3. The zero-order valence-electron chi connectivity index (χ0n) is 12.2. The topological polar surface area (TPSA) is 44.0 Å². The van der Waals surface area contributed by atoms with Crippen molar-refractivity contribution in [2.75, 3.05) is 23.3 Å². The number of H-pyrrole nitrogens is 1. The van der Waals surface area contributed by atoms with Crippen molar-refractivity contribution in [3.63, 3.8) is 0 Å². The van der Waals surface area contributed by atoms with Gasteiger partial charge in [-0.05, 0) is 38.8 Å². The molecule has 4 nitrogen and oxygen atoms in total. The first-order valence-corrected chi connectivity index (χ1v) is 7.32. The van der Waals surface area contributed by atoms with Crippen LogP contribution >= 0.6 is 0 Å². The molecule has 0 atom stereocenters. The van der Waals surface area contributed by atoms with E-state index in [-0.39, 0.29) is 0 Å². The Kier molecular flexibility index (Phi) is 3.63. The van der Waals surface area contributed by atoms with Gasteiger partial charge in [-0.25, -0.2) is 0 Å². The van der Waals surface area contributed by atoms with E-state index in [0.717, 1.165) is 24.5 Å². The molecule has 0 bridgehead atoms. The van der Waals surface area contributed by atoms with Gasteiger partial charge in [0.25, 0.3) is 0 Å². The fraction of sp³-hybridized carbons (Fsp3) is 0.438. The second kappa shape index (κ2) is 5.57. The number of aryl methyl sites for hydroxylation is 2. The third kappa shape index (κ3) is 2.64. The maximum absolute atomic E-state index is 4.25. The predicted molar refractivity (Wildman–Crippen MR) is 83.4 cm³/mol. The molecular formula is C16H22N4. The third-order valence-corrected chi connectivity index (χ3v) is 4.09. The van der Waals surface area contributed by atoms with Gasteiger partial charge in [0.15, 0.2) is 0 Å². The minimum absolute atomic E-state index is 0.546. The summed E-state index contributed by atoms with van der Waals surface area (Å²) in [6.45, 7) is 6.33. The second-order valence-electron chi connectivity index (χ2n) is 5.55. The van der Waals surface area contributed by atoms with Gasteiger partial charge in [-0.15, -0.1) is 0 Å². The maximum Gasteiger partial charge on any atom is 0.0825 e. The number of aromatic amines is 1. The molecule has 1 fully saturated rings. The first-order valence-electron chi connectivity index (χ1n) is 7.32. The van der Waals surface area contributed by atoms with E-state index >= 15 is 0 Å². The molecule has 20 heavy (non-hydrogen) atoms. The van der Waals surface area contributed by atoms with Crippen LogP contribution in [0.4, 0.5) is 11.4 Å². The average molecular weight is 270 g/mol. The van der Waals surface area contributed by atoms with E-state index in [2.05, 4.69) is 57.7 Å². The highest BCUT2D eigenvalue weighted by Gasteiger charge is 2.20. The summed E-state index contributed by atoms with van der Waals surface area (Å²) < 4.78 is 0. The van der Waals surface area contributed by atoms with Crippen molar-refractivity contribution in [3.05, 3.63) is 41.7 Å². The maximum atomic E-state index is 4.25. The molecule has 1 saturated heterocycles. The van der Waals surface area contributed by atoms with Crippen LogP contribution in [-0.4, -0.2) is 29.3 Å². The number of hydrogen-bond donors (Lipinski definition) is 2. The molecule has 0 saturated carbocycles. The van der Waals surface area contributed by atoms with Crippen LogP contribution in [0.3, 0.4) is 0 Å². The summed E-state index contributed by atoms with van der Waals surface area (Å²) in [7, 11) is 0. The van der Waals surface area contributed by atoms with Crippen molar-refractivity contribution in [2.24, 2.45) is 0 Å². The van der Waals surface area contributed by atoms with Crippen LogP contribution in [0, 0.1) is 13.8 Å². The molecule has 2 N–H and O–H groups in total. The molecule has 0 radical (unpaired) electrons. The van der Waals surface area contributed by atoms with Crippen molar-refractivity contribution in [3.8, 4) is 0 Å². The standard InChI is InChI=1S/C16H22N4/c1-12-16(13(2)19-18-12)17-14-8-10-20(11-9-14)15-6-4-3-5-7-15/h3-7,14,17H,8-11H2,1-2H3,(H,18,19). The summed E-state index contributed by atoms with van der Waals surface area (Å²) in [6.07, 6.45) is 2.33. The van der Waals surface area contributed by atoms with Crippen LogP contribution in [-0.2, 0) is 0 Å². The average Bonchev–Trinajstić information content (AvgIpc) is 2.81.